The van der Waals surface area contributed by atoms with Crippen LogP contribution in [0.25, 0.3) is 41.6 Å². The molecule has 15 heteroatoms. The molecule has 0 aliphatic rings. The Labute approximate surface area is 272 Å². The second-order valence-electron chi connectivity index (χ2n) is 10.1. The van der Waals surface area contributed by atoms with Crippen molar-refractivity contribution in [3.05, 3.63) is 105 Å². The SMILES string of the molecule is CCO.Cc1ccc2nc(-c3ccc(N)c(C(F)(F)F)c3)sc2c1.Cc1ccc2nc(-c3ccc([N+](=O)[O-])c(C(F)(F)F)c3)sc2c1. The van der Waals surface area contributed by atoms with Crippen molar-refractivity contribution in [3.63, 3.8) is 0 Å². The predicted molar refractivity (Wildman–Crippen MR) is 173 cm³/mol. The number of aromatic nitrogens is 2. The minimum atomic E-state index is -4.80. The van der Waals surface area contributed by atoms with Gasteiger partial charge in [0.25, 0.3) is 5.69 Å². The summed E-state index contributed by atoms with van der Waals surface area (Å²) in [5.74, 6) is 0. The monoisotopic (exact) mass is 692 g/mol. The van der Waals surface area contributed by atoms with Crippen LogP contribution in [0.4, 0.5) is 37.7 Å². The summed E-state index contributed by atoms with van der Waals surface area (Å²) in [7, 11) is 0. The van der Waals surface area contributed by atoms with Gasteiger partial charge in [0.05, 0.1) is 30.9 Å². The average Bonchev–Trinajstić information content (AvgIpc) is 3.60. The lowest BCUT2D eigenvalue weighted by atomic mass is 10.1. The third kappa shape index (κ3) is 8.41. The van der Waals surface area contributed by atoms with Crippen molar-refractivity contribution in [3.8, 4) is 21.1 Å². The fourth-order valence-corrected chi connectivity index (χ4v) is 6.42. The van der Waals surface area contributed by atoms with Crippen molar-refractivity contribution in [2.45, 2.75) is 33.1 Å². The summed E-state index contributed by atoms with van der Waals surface area (Å²) in [5.41, 5.74) is 6.30. The Hall–Kier alpha value is -4.60. The molecule has 0 spiro atoms. The van der Waals surface area contributed by atoms with E-state index < -0.39 is 34.1 Å². The van der Waals surface area contributed by atoms with Gasteiger partial charge in [-0.25, -0.2) is 9.97 Å². The summed E-state index contributed by atoms with van der Waals surface area (Å²) in [6.45, 7) is 5.80. The highest BCUT2D eigenvalue weighted by Crippen LogP contribution is 2.41. The summed E-state index contributed by atoms with van der Waals surface area (Å²) in [5, 5.41) is 19.3. The van der Waals surface area contributed by atoms with Crippen LogP contribution in [0.15, 0.2) is 72.8 Å². The van der Waals surface area contributed by atoms with Crippen molar-refractivity contribution < 1.29 is 36.4 Å². The molecule has 0 aliphatic carbocycles. The van der Waals surface area contributed by atoms with E-state index >= 15 is 0 Å². The smallest absolute Gasteiger partial charge is 0.398 e. The van der Waals surface area contributed by atoms with E-state index in [0.29, 0.717) is 21.1 Å². The molecule has 0 unspecified atom stereocenters. The van der Waals surface area contributed by atoms with Crippen molar-refractivity contribution >= 4 is 54.5 Å². The van der Waals surface area contributed by atoms with Crippen LogP contribution in [0.1, 0.15) is 29.2 Å². The number of hydrogen-bond donors (Lipinski definition) is 2. The van der Waals surface area contributed by atoms with Crippen LogP contribution < -0.4 is 5.73 Å². The normalized spacial score (nSPS) is 11.5. The molecule has 0 saturated carbocycles. The van der Waals surface area contributed by atoms with Crippen LogP contribution in [0.2, 0.25) is 0 Å². The summed E-state index contributed by atoms with van der Waals surface area (Å²) in [6.07, 6.45) is -9.26. The van der Waals surface area contributed by atoms with Gasteiger partial charge in [-0.3, -0.25) is 10.1 Å². The maximum Gasteiger partial charge on any atom is 0.423 e. The highest BCUT2D eigenvalue weighted by atomic mass is 32.1. The molecule has 0 bridgehead atoms. The Bertz CT molecular complexity index is 2060. The van der Waals surface area contributed by atoms with Gasteiger partial charge in [0.1, 0.15) is 15.6 Å². The van der Waals surface area contributed by atoms with Crippen LogP contribution in [0, 0.1) is 24.0 Å². The minimum Gasteiger partial charge on any atom is -0.398 e. The molecule has 0 atom stereocenters. The van der Waals surface area contributed by atoms with Crippen LogP contribution in [-0.2, 0) is 12.4 Å². The molecule has 2 heterocycles. The predicted octanol–water partition coefficient (Wildman–Crippen LogP) is 10.1. The number of anilines is 1. The maximum atomic E-state index is 13.0. The lowest BCUT2D eigenvalue weighted by molar-refractivity contribution is -0.388. The van der Waals surface area contributed by atoms with Gasteiger partial charge in [-0.2, -0.15) is 26.3 Å². The Kier molecular flexibility index (Phi) is 10.5. The van der Waals surface area contributed by atoms with Gasteiger partial charge in [0.2, 0.25) is 0 Å². The van der Waals surface area contributed by atoms with E-state index in [2.05, 4.69) is 9.97 Å². The van der Waals surface area contributed by atoms with E-state index in [4.69, 9.17) is 10.8 Å². The third-order valence-corrected chi connectivity index (χ3v) is 8.57. The fraction of sp³-hybridized carbons (Fsp3) is 0.188. The molecular weight excluding hydrogens is 666 g/mol. The Morgan fingerprint density at radius 2 is 1.17 bits per heavy atom. The zero-order valence-electron chi connectivity index (χ0n) is 24.9. The van der Waals surface area contributed by atoms with Crippen molar-refractivity contribution in [1.82, 2.24) is 9.97 Å². The molecule has 0 aliphatic heterocycles. The number of hydrogen-bond acceptors (Lipinski definition) is 8. The van der Waals surface area contributed by atoms with Gasteiger partial charge in [0.15, 0.2) is 0 Å². The number of thiazole rings is 2. The molecule has 4 aromatic carbocycles. The average molecular weight is 693 g/mol. The molecular formula is C32H26F6N4O3S2. The van der Waals surface area contributed by atoms with Gasteiger partial charge in [-0.05, 0) is 86.5 Å². The van der Waals surface area contributed by atoms with Crippen LogP contribution in [-0.4, -0.2) is 26.6 Å². The molecule has 6 aromatic rings. The first kappa shape index (κ1) is 35.3. The number of aliphatic hydroxyl groups excluding tert-OH is 1. The second-order valence-corrected chi connectivity index (χ2v) is 12.1. The first-order chi connectivity index (χ1) is 22.0. The van der Waals surface area contributed by atoms with Gasteiger partial charge < -0.3 is 10.8 Å². The number of rotatable bonds is 3. The Morgan fingerprint density at radius 1 is 0.745 bits per heavy atom. The topological polar surface area (TPSA) is 115 Å². The van der Waals surface area contributed by atoms with Gasteiger partial charge in [-0.15, -0.1) is 22.7 Å². The number of fused-ring (bicyclic) bond motifs is 2. The van der Waals surface area contributed by atoms with Crippen LogP contribution >= 0.6 is 22.7 Å². The van der Waals surface area contributed by atoms with E-state index in [1.807, 2.05) is 44.2 Å². The fourth-order valence-electron chi connectivity index (χ4n) is 4.30. The largest absolute Gasteiger partial charge is 0.423 e. The standard InChI is InChI=1S/C15H9F3N2O2S.C15H11F3N2S.C2H6O/c1-8-2-4-11-13(6-8)23-14(19-11)9-3-5-12(20(21)22)10(7-9)15(16,17)18;1-8-2-5-12-13(6-8)21-14(20-12)9-3-4-11(19)10(7-9)15(16,17)18;1-2-3/h2-7H,1H3;2-7H,19H2,1H3;3H,2H2,1H3. The van der Waals surface area contributed by atoms with Gasteiger partial charge in [-0.1, -0.05) is 12.1 Å². The molecule has 3 N–H and O–H groups in total. The lowest BCUT2D eigenvalue weighted by Crippen LogP contribution is -2.09. The molecule has 6 rings (SSSR count). The van der Waals surface area contributed by atoms with Crippen LogP contribution in [0.5, 0.6) is 0 Å². The molecule has 0 fully saturated rings. The minimum absolute atomic E-state index is 0.210. The molecule has 0 amide bonds. The van der Waals surface area contributed by atoms with E-state index in [1.54, 1.807) is 19.1 Å². The van der Waals surface area contributed by atoms with E-state index in [9.17, 15) is 36.5 Å². The number of benzene rings is 4. The number of aryl methyl sites for hydroxylation is 2. The van der Waals surface area contributed by atoms with E-state index in [1.165, 1.54) is 34.8 Å². The quantitative estimate of drug-likeness (QED) is 0.0826. The van der Waals surface area contributed by atoms with Gasteiger partial charge >= 0.3 is 12.4 Å². The molecule has 246 valence electrons. The molecule has 47 heavy (non-hydrogen) atoms. The zero-order chi connectivity index (χ0) is 34.7. The first-order valence-electron chi connectivity index (χ1n) is 13.7. The molecule has 7 nitrogen and oxygen atoms in total. The number of nitrogen functional groups attached to an aromatic ring is 1. The Balaban J connectivity index is 0.000000197. The number of halogens is 6. The van der Waals surface area contributed by atoms with Gasteiger partial charge in [0, 0.05) is 29.5 Å². The highest BCUT2D eigenvalue weighted by molar-refractivity contribution is 7.22. The lowest BCUT2D eigenvalue weighted by Gasteiger charge is -2.10. The van der Waals surface area contributed by atoms with E-state index in [-0.39, 0.29) is 17.9 Å². The van der Waals surface area contributed by atoms with Crippen LogP contribution in [0.3, 0.4) is 0 Å². The summed E-state index contributed by atoms with van der Waals surface area (Å²) >= 11 is 2.62. The number of nitrogens with two attached hydrogens (primary N) is 1. The summed E-state index contributed by atoms with van der Waals surface area (Å²) in [6, 6.07) is 18.2. The highest BCUT2D eigenvalue weighted by Gasteiger charge is 2.38. The van der Waals surface area contributed by atoms with E-state index in [0.717, 1.165) is 44.2 Å². The summed E-state index contributed by atoms with van der Waals surface area (Å²) in [4.78, 5) is 18.4. The molecule has 0 radical (unpaired) electrons. The number of aliphatic hydroxyl groups is 1. The third-order valence-electron chi connectivity index (χ3n) is 6.44. The molecule has 0 saturated heterocycles. The number of nitro benzene ring substituents is 1. The van der Waals surface area contributed by atoms with Crippen molar-refractivity contribution in [1.29, 1.82) is 0 Å². The molecule has 2 aromatic heterocycles. The summed E-state index contributed by atoms with van der Waals surface area (Å²) < 4.78 is 79.6. The number of nitrogens with zero attached hydrogens (tertiary/aromatic N) is 3. The number of alkyl halides is 6. The first-order valence-corrected chi connectivity index (χ1v) is 15.3. The maximum absolute atomic E-state index is 13.0. The number of nitro groups is 1. The van der Waals surface area contributed by atoms with Crippen molar-refractivity contribution in [2.75, 3.05) is 12.3 Å². The van der Waals surface area contributed by atoms with Crippen molar-refractivity contribution in [2.24, 2.45) is 0 Å². The Morgan fingerprint density at radius 3 is 1.60 bits per heavy atom. The second kappa shape index (κ2) is 14.0. The zero-order valence-corrected chi connectivity index (χ0v) is 26.5.